The van der Waals surface area contributed by atoms with Crippen molar-refractivity contribution in [3.05, 3.63) is 96.2 Å². The zero-order valence-corrected chi connectivity index (χ0v) is 20.4. The Bertz CT molecular complexity index is 1470. The number of ether oxygens (including phenoxy) is 3. The van der Waals surface area contributed by atoms with E-state index in [2.05, 4.69) is 28.2 Å². The topological polar surface area (TPSA) is 70.8 Å². The lowest BCUT2D eigenvalue weighted by Crippen LogP contribution is -1.97. The summed E-state index contributed by atoms with van der Waals surface area (Å²) < 4.78 is 19.2. The largest absolute Gasteiger partial charge is 0.490 e. The molecule has 0 unspecified atom stereocenters. The maximum atomic E-state index is 5.92. The quantitative estimate of drug-likeness (QED) is 0.263. The van der Waals surface area contributed by atoms with E-state index in [1.165, 1.54) is 0 Å². The first kappa shape index (κ1) is 22.4. The standard InChI is InChI=1S/C28H24N4O3S/c1-2-5-20(6-3-1)18-35-23-10-8-22(9-11-23)24-13-14-29-27-30-28(31-32(24)27)36-19-21-7-12-25-26(17-21)34-16-4-15-33-25/h1-3,5-14,17H,4,15-16,18-19H2. The SMILES string of the molecule is c1ccc(COc2ccc(-c3ccnc4nc(SCc5ccc6c(c5)OCCCO6)nn34)cc2)cc1. The second-order valence-electron chi connectivity index (χ2n) is 8.36. The van der Waals surface area contributed by atoms with E-state index < -0.39 is 0 Å². The number of nitrogens with zero attached hydrogens (tertiary/aromatic N) is 4. The van der Waals surface area contributed by atoms with Gasteiger partial charge >= 0.3 is 0 Å². The second-order valence-corrected chi connectivity index (χ2v) is 9.30. The van der Waals surface area contributed by atoms with Crippen molar-refractivity contribution >= 4 is 17.5 Å². The summed E-state index contributed by atoms with van der Waals surface area (Å²) in [7, 11) is 0. The van der Waals surface area contributed by atoms with Gasteiger partial charge in [0.05, 0.1) is 18.9 Å². The third-order valence-electron chi connectivity index (χ3n) is 5.80. The van der Waals surface area contributed by atoms with Gasteiger partial charge in [0.2, 0.25) is 5.16 Å². The van der Waals surface area contributed by atoms with Gasteiger partial charge in [-0.2, -0.15) is 9.50 Å². The van der Waals surface area contributed by atoms with Crippen molar-refractivity contribution in [3.63, 3.8) is 0 Å². The maximum absolute atomic E-state index is 5.92. The molecule has 36 heavy (non-hydrogen) atoms. The molecule has 0 aliphatic carbocycles. The van der Waals surface area contributed by atoms with Crippen molar-refractivity contribution in [3.8, 4) is 28.5 Å². The predicted molar refractivity (Wildman–Crippen MR) is 139 cm³/mol. The van der Waals surface area contributed by atoms with Crippen molar-refractivity contribution in [2.24, 2.45) is 0 Å². The van der Waals surface area contributed by atoms with Crippen LogP contribution in [0, 0.1) is 0 Å². The summed E-state index contributed by atoms with van der Waals surface area (Å²) in [6.07, 6.45) is 2.65. The first-order valence-corrected chi connectivity index (χ1v) is 12.8. The Morgan fingerprint density at radius 3 is 2.56 bits per heavy atom. The number of hydrogen-bond donors (Lipinski definition) is 0. The zero-order valence-electron chi connectivity index (χ0n) is 19.5. The van der Waals surface area contributed by atoms with Gasteiger partial charge in [-0.1, -0.05) is 48.2 Å². The number of aromatic nitrogens is 4. The fourth-order valence-corrected chi connectivity index (χ4v) is 4.72. The van der Waals surface area contributed by atoms with Crippen LogP contribution >= 0.6 is 11.8 Å². The van der Waals surface area contributed by atoms with E-state index in [-0.39, 0.29) is 0 Å². The normalized spacial score (nSPS) is 12.9. The van der Waals surface area contributed by atoms with Crippen LogP contribution in [0.4, 0.5) is 0 Å². The molecule has 0 fully saturated rings. The Morgan fingerprint density at radius 1 is 0.861 bits per heavy atom. The van der Waals surface area contributed by atoms with Crippen molar-refractivity contribution < 1.29 is 14.2 Å². The van der Waals surface area contributed by atoms with Gasteiger partial charge in [0.25, 0.3) is 5.78 Å². The lowest BCUT2D eigenvalue weighted by atomic mass is 10.1. The fraction of sp³-hybridized carbons (Fsp3) is 0.179. The highest BCUT2D eigenvalue weighted by atomic mass is 32.2. The summed E-state index contributed by atoms with van der Waals surface area (Å²) in [5.41, 5.74) is 4.20. The summed E-state index contributed by atoms with van der Waals surface area (Å²) in [4.78, 5) is 9.03. The Hall–Kier alpha value is -4.04. The van der Waals surface area contributed by atoms with Gasteiger partial charge in [0.1, 0.15) is 12.4 Å². The Kier molecular flexibility index (Phi) is 6.41. The maximum Gasteiger partial charge on any atom is 0.253 e. The summed E-state index contributed by atoms with van der Waals surface area (Å²) in [6, 6.07) is 26.1. The zero-order chi connectivity index (χ0) is 24.2. The highest BCUT2D eigenvalue weighted by molar-refractivity contribution is 7.98. The Morgan fingerprint density at radius 2 is 1.69 bits per heavy atom. The van der Waals surface area contributed by atoms with Gasteiger partial charge < -0.3 is 14.2 Å². The minimum Gasteiger partial charge on any atom is -0.490 e. The first-order valence-electron chi connectivity index (χ1n) is 11.8. The molecule has 0 atom stereocenters. The Labute approximate surface area is 213 Å². The van der Waals surface area contributed by atoms with Crippen LogP contribution in [0.3, 0.4) is 0 Å². The monoisotopic (exact) mass is 496 g/mol. The number of rotatable bonds is 7. The molecule has 7 nitrogen and oxygen atoms in total. The van der Waals surface area contributed by atoms with Crippen molar-refractivity contribution in [1.82, 2.24) is 19.6 Å². The van der Waals surface area contributed by atoms with E-state index in [9.17, 15) is 0 Å². The van der Waals surface area contributed by atoms with Crippen LogP contribution in [0.5, 0.6) is 17.2 Å². The fourth-order valence-electron chi connectivity index (χ4n) is 3.96. The van der Waals surface area contributed by atoms with E-state index in [0.717, 1.165) is 51.8 Å². The van der Waals surface area contributed by atoms with Crippen molar-refractivity contribution in [2.75, 3.05) is 13.2 Å². The summed E-state index contributed by atoms with van der Waals surface area (Å²) >= 11 is 1.57. The lowest BCUT2D eigenvalue weighted by molar-refractivity contribution is 0.297. The van der Waals surface area contributed by atoms with Gasteiger partial charge in [0.15, 0.2) is 11.5 Å². The third-order valence-corrected chi connectivity index (χ3v) is 6.71. The molecule has 0 saturated heterocycles. The van der Waals surface area contributed by atoms with Gasteiger partial charge in [-0.3, -0.25) is 0 Å². The molecule has 8 heteroatoms. The molecule has 5 aromatic rings. The van der Waals surface area contributed by atoms with Crippen LogP contribution in [-0.2, 0) is 12.4 Å². The molecule has 0 N–H and O–H groups in total. The minimum absolute atomic E-state index is 0.534. The van der Waals surface area contributed by atoms with Crippen LogP contribution < -0.4 is 14.2 Å². The van der Waals surface area contributed by atoms with Gasteiger partial charge in [-0.25, -0.2) is 4.98 Å². The smallest absolute Gasteiger partial charge is 0.253 e. The molecule has 0 radical (unpaired) electrons. The van der Waals surface area contributed by atoms with Crippen molar-refractivity contribution in [1.29, 1.82) is 0 Å². The van der Waals surface area contributed by atoms with Gasteiger partial charge in [-0.05, 0) is 53.6 Å². The molecule has 1 aliphatic rings. The van der Waals surface area contributed by atoms with Crippen LogP contribution in [0.2, 0.25) is 0 Å². The van der Waals surface area contributed by atoms with Crippen molar-refractivity contribution in [2.45, 2.75) is 23.9 Å². The average Bonchev–Trinajstić information content (AvgIpc) is 3.21. The molecule has 1 aliphatic heterocycles. The van der Waals surface area contributed by atoms with Gasteiger partial charge in [0, 0.05) is 23.9 Å². The van der Waals surface area contributed by atoms with Crippen LogP contribution in [0.25, 0.3) is 17.0 Å². The molecule has 180 valence electrons. The van der Waals surface area contributed by atoms with Crippen LogP contribution in [0.1, 0.15) is 17.5 Å². The summed E-state index contributed by atoms with van der Waals surface area (Å²) in [5, 5.41) is 5.40. The molecular weight excluding hydrogens is 472 g/mol. The molecule has 3 heterocycles. The van der Waals surface area contributed by atoms with E-state index >= 15 is 0 Å². The summed E-state index contributed by atoms with van der Waals surface area (Å²) in [6.45, 7) is 1.89. The molecule has 0 saturated carbocycles. The minimum atomic E-state index is 0.534. The highest BCUT2D eigenvalue weighted by Gasteiger charge is 2.13. The van der Waals surface area contributed by atoms with E-state index in [1.54, 1.807) is 22.5 Å². The second kappa shape index (κ2) is 10.3. The molecule has 0 bridgehead atoms. The van der Waals surface area contributed by atoms with E-state index in [1.807, 2.05) is 60.7 Å². The lowest BCUT2D eigenvalue weighted by Gasteiger charge is -2.08. The molecule has 0 amide bonds. The third kappa shape index (κ3) is 4.99. The molecular formula is C28H24N4O3S. The highest BCUT2D eigenvalue weighted by Crippen LogP contribution is 2.32. The average molecular weight is 497 g/mol. The number of fused-ring (bicyclic) bond motifs is 2. The first-order chi connectivity index (χ1) is 17.8. The van der Waals surface area contributed by atoms with Gasteiger partial charge in [-0.15, -0.1) is 5.10 Å². The number of thioether (sulfide) groups is 1. The summed E-state index contributed by atoms with van der Waals surface area (Å²) in [5.74, 6) is 3.71. The molecule has 0 spiro atoms. The molecule has 2 aromatic heterocycles. The predicted octanol–water partition coefficient (Wildman–Crippen LogP) is 5.82. The van der Waals surface area contributed by atoms with E-state index in [4.69, 9.17) is 19.3 Å². The van der Waals surface area contributed by atoms with Crippen LogP contribution in [-0.4, -0.2) is 32.8 Å². The van der Waals surface area contributed by atoms with Crippen LogP contribution in [0.15, 0.2) is 90.2 Å². The Balaban J connectivity index is 1.16. The number of hydrogen-bond acceptors (Lipinski definition) is 7. The molecule has 6 rings (SSSR count). The van der Waals surface area contributed by atoms with E-state index in [0.29, 0.717) is 30.8 Å². The molecule has 3 aromatic carbocycles. The number of benzene rings is 3.